The molecule has 0 aliphatic rings. The Kier molecular flexibility index (Phi) is 5.65. The Morgan fingerprint density at radius 3 is 2.17 bits per heavy atom. The van der Waals surface area contributed by atoms with Crippen LogP contribution in [0.3, 0.4) is 0 Å². The maximum Gasteiger partial charge on any atom is 0.131 e. The Balaban J connectivity index is 2.53. The average Bonchev–Trinajstić information content (AvgIpc) is 2.28. The summed E-state index contributed by atoms with van der Waals surface area (Å²) < 4.78 is 26.7. The Bertz CT molecular complexity index is 365. The topological polar surface area (TPSA) is 52.5 Å². The fraction of sp³-hybridized carbons (Fsp3) is 0.538. The highest BCUT2D eigenvalue weighted by Gasteiger charge is 2.18. The summed E-state index contributed by atoms with van der Waals surface area (Å²) >= 11 is 0. The highest BCUT2D eigenvalue weighted by molar-refractivity contribution is 5.22. The summed E-state index contributed by atoms with van der Waals surface area (Å²) in [6.07, 6.45) is -1.83. The Morgan fingerprint density at radius 2 is 1.67 bits per heavy atom. The number of aliphatic hydroxyl groups excluding tert-OH is 2. The molecule has 18 heavy (non-hydrogen) atoms. The van der Waals surface area contributed by atoms with Gasteiger partial charge in [0.05, 0.1) is 17.8 Å². The van der Waals surface area contributed by atoms with Crippen LogP contribution in [0.5, 0.6) is 0 Å². The molecule has 0 aliphatic heterocycles. The minimum absolute atomic E-state index is 0.0123. The van der Waals surface area contributed by atoms with E-state index in [1.165, 1.54) is 6.07 Å². The van der Waals surface area contributed by atoms with Crippen molar-refractivity contribution in [3.05, 3.63) is 35.4 Å². The van der Waals surface area contributed by atoms with Crippen LogP contribution in [-0.4, -0.2) is 29.4 Å². The lowest BCUT2D eigenvalue weighted by Gasteiger charge is -2.18. The third-order valence-corrected chi connectivity index (χ3v) is 2.79. The van der Waals surface area contributed by atoms with Crippen LogP contribution in [0.4, 0.5) is 8.78 Å². The molecule has 2 unspecified atom stereocenters. The van der Waals surface area contributed by atoms with E-state index in [2.05, 4.69) is 5.32 Å². The van der Waals surface area contributed by atoms with Crippen molar-refractivity contribution in [2.75, 3.05) is 13.1 Å². The van der Waals surface area contributed by atoms with Gasteiger partial charge in [-0.25, -0.2) is 8.78 Å². The molecule has 0 bridgehead atoms. The molecule has 0 heterocycles. The van der Waals surface area contributed by atoms with Gasteiger partial charge in [0.25, 0.3) is 0 Å². The van der Waals surface area contributed by atoms with Gasteiger partial charge in [0.1, 0.15) is 11.6 Å². The SMILES string of the molecule is CC(C)C(O)CNCC(O)c1c(F)cccc1F. The van der Waals surface area contributed by atoms with Gasteiger partial charge in [-0.2, -0.15) is 0 Å². The summed E-state index contributed by atoms with van der Waals surface area (Å²) in [5, 5.41) is 22.0. The standard InChI is InChI=1S/C13H19F2NO2/c1-8(2)11(17)6-16-7-12(18)13-9(14)4-3-5-10(13)15/h3-5,8,11-12,16-18H,6-7H2,1-2H3. The first kappa shape index (κ1) is 15.0. The van der Waals surface area contributed by atoms with Crippen LogP contribution in [0.2, 0.25) is 0 Å². The first-order valence-electron chi connectivity index (χ1n) is 5.94. The second-order valence-corrected chi connectivity index (χ2v) is 4.62. The first-order valence-corrected chi connectivity index (χ1v) is 5.94. The molecule has 0 saturated carbocycles. The van der Waals surface area contributed by atoms with Crippen molar-refractivity contribution in [2.24, 2.45) is 5.92 Å². The zero-order valence-corrected chi connectivity index (χ0v) is 10.5. The number of rotatable bonds is 6. The van der Waals surface area contributed by atoms with E-state index in [-0.39, 0.29) is 24.6 Å². The smallest absolute Gasteiger partial charge is 0.131 e. The number of aliphatic hydroxyl groups is 2. The predicted octanol–water partition coefficient (Wildman–Crippen LogP) is 1.60. The molecule has 0 amide bonds. The van der Waals surface area contributed by atoms with E-state index in [0.717, 1.165) is 12.1 Å². The van der Waals surface area contributed by atoms with Gasteiger partial charge in [0.15, 0.2) is 0 Å². The molecular weight excluding hydrogens is 240 g/mol. The molecule has 3 N–H and O–H groups in total. The molecule has 0 radical (unpaired) electrons. The van der Waals surface area contributed by atoms with E-state index >= 15 is 0 Å². The average molecular weight is 259 g/mol. The van der Waals surface area contributed by atoms with Crippen LogP contribution in [-0.2, 0) is 0 Å². The minimum Gasteiger partial charge on any atom is -0.392 e. The molecule has 1 aromatic rings. The van der Waals surface area contributed by atoms with Crippen molar-refractivity contribution in [3.63, 3.8) is 0 Å². The maximum atomic E-state index is 13.3. The summed E-state index contributed by atoms with van der Waals surface area (Å²) in [5.74, 6) is -1.46. The van der Waals surface area contributed by atoms with Gasteiger partial charge in [-0.05, 0) is 18.1 Å². The van der Waals surface area contributed by atoms with Crippen LogP contribution < -0.4 is 5.32 Å². The number of nitrogens with one attached hydrogen (secondary N) is 1. The summed E-state index contributed by atoms with van der Waals surface area (Å²) in [6, 6.07) is 3.45. The molecule has 1 rings (SSSR count). The predicted molar refractivity (Wildman–Crippen MR) is 65.0 cm³/mol. The van der Waals surface area contributed by atoms with Crippen molar-refractivity contribution in [1.29, 1.82) is 0 Å². The lowest BCUT2D eigenvalue weighted by Crippen LogP contribution is -2.33. The second-order valence-electron chi connectivity index (χ2n) is 4.62. The van der Waals surface area contributed by atoms with Gasteiger partial charge < -0.3 is 15.5 Å². The largest absolute Gasteiger partial charge is 0.392 e. The molecule has 5 heteroatoms. The molecule has 102 valence electrons. The van der Waals surface area contributed by atoms with Crippen LogP contribution in [0.25, 0.3) is 0 Å². The van der Waals surface area contributed by atoms with Gasteiger partial charge in [-0.3, -0.25) is 0 Å². The van der Waals surface area contributed by atoms with Crippen LogP contribution >= 0.6 is 0 Å². The monoisotopic (exact) mass is 259 g/mol. The van der Waals surface area contributed by atoms with Gasteiger partial charge in [-0.15, -0.1) is 0 Å². The summed E-state index contributed by atoms with van der Waals surface area (Å²) in [6.45, 7) is 3.98. The van der Waals surface area contributed by atoms with E-state index in [4.69, 9.17) is 0 Å². The van der Waals surface area contributed by atoms with E-state index < -0.39 is 23.8 Å². The highest BCUT2D eigenvalue weighted by Crippen LogP contribution is 2.19. The van der Waals surface area contributed by atoms with E-state index in [1.807, 2.05) is 13.8 Å². The first-order chi connectivity index (χ1) is 8.43. The van der Waals surface area contributed by atoms with Crippen LogP contribution in [0, 0.1) is 17.6 Å². The third kappa shape index (κ3) is 4.01. The molecule has 0 aliphatic carbocycles. The normalized spacial score (nSPS) is 14.8. The van der Waals surface area contributed by atoms with Gasteiger partial charge >= 0.3 is 0 Å². The number of hydrogen-bond acceptors (Lipinski definition) is 3. The lowest BCUT2D eigenvalue weighted by molar-refractivity contribution is 0.112. The van der Waals surface area contributed by atoms with Crippen molar-refractivity contribution in [2.45, 2.75) is 26.1 Å². The molecule has 0 aromatic heterocycles. The van der Waals surface area contributed by atoms with Crippen molar-refractivity contribution in [3.8, 4) is 0 Å². The minimum atomic E-state index is -1.27. The summed E-state index contributed by atoms with van der Waals surface area (Å²) in [4.78, 5) is 0. The fourth-order valence-corrected chi connectivity index (χ4v) is 1.53. The Morgan fingerprint density at radius 1 is 1.11 bits per heavy atom. The molecule has 0 spiro atoms. The molecule has 0 saturated heterocycles. The Labute approximate surface area is 105 Å². The second kappa shape index (κ2) is 6.78. The van der Waals surface area contributed by atoms with Crippen molar-refractivity contribution < 1.29 is 19.0 Å². The highest BCUT2D eigenvalue weighted by atomic mass is 19.1. The fourth-order valence-electron chi connectivity index (χ4n) is 1.53. The van der Waals surface area contributed by atoms with Gasteiger partial charge in [0.2, 0.25) is 0 Å². The van der Waals surface area contributed by atoms with E-state index in [1.54, 1.807) is 0 Å². The zero-order chi connectivity index (χ0) is 13.7. The molecule has 0 fully saturated rings. The van der Waals surface area contributed by atoms with Crippen molar-refractivity contribution in [1.82, 2.24) is 5.32 Å². The summed E-state index contributed by atoms with van der Waals surface area (Å²) in [7, 11) is 0. The maximum absolute atomic E-state index is 13.3. The molecule has 1 aromatic carbocycles. The Hall–Kier alpha value is -1.04. The van der Waals surface area contributed by atoms with Crippen LogP contribution in [0.15, 0.2) is 18.2 Å². The number of halogens is 2. The van der Waals surface area contributed by atoms with Gasteiger partial charge in [0, 0.05) is 13.1 Å². The quantitative estimate of drug-likeness (QED) is 0.727. The lowest BCUT2D eigenvalue weighted by atomic mass is 10.1. The summed E-state index contributed by atoms with van der Waals surface area (Å²) in [5.41, 5.74) is -0.343. The zero-order valence-electron chi connectivity index (χ0n) is 10.5. The van der Waals surface area contributed by atoms with E-state index in [0.29, 0.717) is 0 Å². The molecular formula is C13H19F2NO2. The van der Waals surface area contributed by atoms with Gasteiger partial charge in [-0.1, -0.05) is 19.9 Å². The third-order valence-electron chi connectivity index (χ3n) is 2.79. The van der Waals surface area contributed by atoms with Crippen LogP contribution in [0.1, 0.15) is 25.5 Å². The molecule has 2 atom stereocenters. The van der Waals surface area contributed by atoms with Crippen molar-refractivity contribution >= 4 is 0 Å². The number of hydrogen-bond donors (Lipinski definition) is 3. The van der Waals surface area contributed by atoms with E-state index in [9.17, 15) is 19.0 Å². The molecule has 3 nitrogen and oxygen atoms in total. The number of benzene rings is 1.